The molecule has 0 unspecified atom stereocenters. The highest BCUT2D eigenvalue weighted by molar-refractivity contribution is 8.00. The van der Waals surface area contributed by atoms with Gasteiger partial charge in [0.1, 0.15) is 5.70 Å². The van der Waals surface area contributed by atoms with Gasteiger partial charge in [0.15, 0.2) is 4.87 Å². The average Bonchev–Trinajstić information content (AvgIpc) is 2.61. The second kappa shape index (κ2) is 6.93. The van der Waals surface area contributed by atoms with Crippen molar-refractivity contribution in [2.24, 2.45) is 0 Å². The first kappa shape index (κ1) is 16.3. The SMILES string of the molecule is CS[C@@]1(Cc2ccccc2)NC(=O)/C(=C\c2ccccc2)NC1=O. The summed E-state index contributed by atoms with van der Waals surface area (Å²) >= 11 is 1.34. The highest BCUT2D eigenvalue weighted by Crippen LogP contribution is 2.28. The normalized spacial score (nSPS) is 22.1. The molecule has 2 aromatic rings. The fourth-order valence-corrected chi connectivity index (χ4v) is 3.37. The molecular weight excluding hydrogens is 320 g/mol. The number of carbonyl (C=O) groups is 2. The van der Waals surface area contributed by atoms with Gasteiger partial charge in [-0.05, 0) is 23.5 Å². The van der Waals surface area contributed by atoms with Gasteiger partial charge in [-0.2, -0.15) is 0 Å². The van der Waals surface area contributed by atoms with Gasteiger partial charge < -0.3 is 10.6 Å². The topological polar surface area (TPSA) is 58.2 Å². The van der Waals surface area contributed by atoms with Gasteiger partial charge >= 0.3 is 0 Å². The van der Waals surface area contributed by atoms with E-state index in [4.69, 9.17) is 0 Å². The van der Waals surface area contributed by atoms with Gasteiger partial charge in [-0.3, -0.25) is 9.59 Å². The minimum Gasteiger partial charge on any atom is -0.328 e. The van der Waals surface area contributed by atoms with Crippen LogP contribution in [0.15, 0.2) is 66.4 Å². The molecule has 0 spiro atoms. The molecule has 0 radical (unpaired) electrons. The largest absolute Gasteiger partial charge is 0.328 e. The number of piperazine rings is 1. The van der Waals surface area contributed by atoms with Gasteiger partial charge in [-0.15, -0.1) is 11.8 Å². The van der Waals surface area contributed by atoms with E-state index in [-0.39, 0.29) is 17.5 Å². The van der Waals surface area contributed by atoms with Crippen molar-refractivity contribution in [3.05, 3.63) is 77.5 Å². The minimum atomic E-state index is -0.994. The van der Waals surface area contributed by atoms with E-state index in [1.54, 1.807) is 6.08 Å². The third-order valence-corrected chi connectivity index (χ3v) is 5.06. The first-order chi connectivity index (χ1) is 11.6. The van der Waals surface area contributed by atoms with Crippen LogP contribution in [0.4, 0.5) is 0 Å². The Morgan fingerprint density at radius 1 is 1.00 bits per heavy atom. The van der Waals surface area contributed by atoms with Crippen LogP contribution in [0, 0.1) is 0 Å². The van der Waals surface area contributed by atoms with Crippen molar-refractivity contribution >= 4 is 29.7 Å². The number of amides is 2. The van der Waals surface area contributed by atoms with Crippen LogP contribution in [-0.2, 0) is 16.0 Å². The lowest BCUT2D eigenvalue weighted by atomic mass is 10.0. The van der Waals surface area contributed by atoms with Crippen LogP contribution in [0.3, 0.4) is 0 Å². The molecule has 0 saturated carbocycles. The zero-order chi connectivity index (χ0) is 17.0. The van der Waals surface area contributed by atoms with E-state index in [9.17, 15) is 9.59 Å². The summed E-state index contributed by atoms with van der Waals surface area (Å²) in [5.41, 5.74) is 2.13. The molecule has 1 aliphatic heterocycles. The Balaban J connectivity index is 1.85. The number of rotatable bonds is 4. The Labute approximate surface area is 145 Å². The Kier molecular flexibility index (Phi) is 4.71. The molecule has 1 atom stereocenters. The predicted molar refractivity (Wildman–Crippen MR) is 97.1 cm³/mol. The van der Waals surface area contributed by atoms with Crippen molar-refractivity contribution in [2.75, 3.05) is 6.26 Å². The van der Waals surface area contributed by atoms with Crippen molar-refractivity contribution in [2.45, 2.75) is 11.3 Å². The molecule has 0 aliphatic carbocycles. The van der Waals surface area contributed by atoms with Crippen LogP contribution < -0.4 is 10.6 Å². The standard InChI is InChI=1S/C19H18N2O2S/c1-24-19(13-15-10-6-3-7-11-15)18(23)20-16(17(22)21-19)12-14-8-4-2-5-9-14/h2-12H,13H2,1H3,(H,20,23)(H,21,22)/b16-12+/t19-/m1/s1. The van der Waals surface area contributed by atoms with Gasteiger partial charge in [0, 0.05) is 6.42 Å². The van der Waals surface area contributed by atoms with Crippen LogP contribution in [0.1, 0.15) is 11.1 Å². The zero-order valence-corrected chi connectivity index (χ0v) is 14.1. The van der Waals surface area contributed by atoms with Crippen LogP contribution >= 0.6 is 11.8 Å². The second-order valence-electron chi connectivity index (χ2n) is 5.57. The van der Waals surface area contributed by atoms with E-state index in [1.807, 2.05) is 66.9 Å². The fourth-order valence-electron chi connectivity index (χ4n) is 2.63. The van der Waals surface area contributed by atoms with E-state index < -0.39 is 4.87 Å². The lowest BCUT2D eigenvalue weighted by molar-refractivity contribution is -0.132. The maximum atomic E-state index is 12.7. The van der Waals surface area contributed by atoms with Crippen LogP contribution in [0.25, 0.3) is 6.08 Å². The predicted octanol–water partition coefficient (Wildman–Crippen LogP) is 2.58. The molecule has 1 aliphatic rings. The summed E-state index contributed by atoms with van der Waals surface area (Å²) < 4.78 is 0. The van der Waals surface area contributed by atoms with Gasteiger partial charge in [-0.25, -0.2) is 0 Å². The van der Waals surface area contributed by atoms with Crippen LogP contribution in [0.2, 0.25) is 0 Å². The van der Waals surface area contributed by atoms with Crippen molar-refractivity contribution in [1.82, 2.24) is 10.6 Å². The number of benzene rings is 2. The molecule has 3 rings (SSSR count). The number of nitrogens with one attached hydrogen (secondary N) is 2. The number of hydrogen-bond donors (Lipinski definition) is 2. The van der Waals surface area contributed by atoms with Crippen LogP contribution in [-0.4, -0.2) is 22.9 Å². The summed E-state index contributed by atoms with van der Waals surface area (Å²) in [5.74, 6) is -0.482. The molecular formula is C19H18N2O2S. The smallest absolute Gasteiger partial charge is 0.269 e. The van der Waals surface area contributed by atoms with Crippen molar-refractivity contribution in [1.29, 1.82) is 0 Å². The third-order valence-electron chi connectivity index (χ3n) is 3.93. The minimum absolute atomic E-state index is 0.208. The van der Waals surface area contributed by atoms with Gasteiger partial charge in [0.05, 0.1) is 0 Å². The lowest BCUT2D eigenvalue weighted by Crippen LogP contribution is -2.63. The molecule has 2 N–H and O–H groups in total. The maximum Gasteiger partial charge on any atom is 0.269 e. The highest BCUT2D eigenvalue weighted by atomic mass is 32.2. The molecule has 2 amide bonds. The summed E-state index contributed by atoms with van der Waals surface area (Å²) in [6, 6.07) is 19.1. The number of thioether (sulfide) groups is 1. The molecule has 5 heteroatoms. The first-order valence-electron chi connectivity index (χ1n) is 7.63. The summed E-state index contributed by atoms with van der Waals surface area (Å²) in [4.78, 5) is 24.2. The molecule has 2 aromatic carbocycles. The molecule has 0 aromatic heterocycles. The van der Waals surface area contributed by atoms with Gasteiger partial charge in [-0.1, -0.05) is 60.7 Å². The zero-order valence-electron chi connectivity index (χ0n) is 13.3. The fraction of sp³-hybridized carbons (Fsp3) is 0.158. The van der Waals surface area contributed by atoms with Crippen molar-refractivity contribution in [3.63, 3.8) is 0 Å². The first-order valence-corrected chi connectivity index (χ1v) is 8.85. The number of carbonyl (C=O) groups excluding carboxylic acids is 2. The van der Waals surface area contributed by atoms with E-state index in [0.29, 0.717) is 6.42 Å². The second-order valence-corrected chi connectivity index (χ2v) is 6.68. The molecule has 24 heavy (non-hydrogen) atoms. The summed E-state index contributed by atoms with van der Waals surface area (Å²) in [7, 11) is 0. The van der Waals surface area contributed by atoms with Gasteiger partial charge in [0.2, 0.25) is 0 Å². The molecule has 1 fully saturated rings. The third kappa shape index (κ3) is 3.36. The molecule has 4 nitrogen and oxygen atoms in total. The summed E-state index contributed by atoms with van der Waals surface area (Å²) in [6.07, 6.45) is 3.94. The Morgan fingerprint density at radius 3 is 2.25 bits per heavy atom. The van der Waals surface area contributed by atoms with E-state index in [0.717, 1.165) is 11.1 Å². The van der Waals surface area contributed by atoms with Crippen molar-refractivity contribution in [3.8, 4) is 0 Å². The molecule has 122 valence electrons. The van der Waals surface area contributed by atoms with Gasteiger partial charge in [0.25, 0.3) is 11.8 Å². The summed E-state index contributed by atoms with van der Waals surface area (Å²) in [5, 5.41) is 5.66. The monoisotopic (exact) mass is 338 g/mol. The lowest BCUT2D eigenvalue weighted by Gasteiger charge is -2.36. The molecule has 1 heterocycles. The van der Waals surface area contributed by atoms with Crippen LogP contribution in [0.5, 0.6) is 0 Å². The number of hydrogen-bond acceptors (Lipinski definition) is 3. The molecule has 0 bridgehead atoms. The molecule has 1 saturated heterocycles. The Bertz CT molecular complexity index is 774. The van der Waals surface area contributed by atoms with E-state index in [1.165, 1.54) is 11.8 Å². The van der Waals surface area contributed by atoms with Crippen molar-refractivity contribution < 1.29 is 9.59 Å². The Hall–Kier alpha value is -2.53. The maximum absolute atomic E-state index is 12.7. The summed E-state index contributed by atoms with van der Waals surface area (Å²) in [6.45, 7) is 0. The average molecular weight is 338 g/mol. The Morgan fingerprint density at radius 2 is 1.62 bits per heavy atom. The van der Waals surface area contributed by atoms with E-state index in [2.05, 4.69) is 10.6 Å². The highest BCUT2D eigenvalue weighted by Gasteiger charge is 2.44. The van der Waals surface area contributed by atoms with E-state index >= 15 is 0 Å². The quantitative estimate of drug-likeness (QED) is 0.843.